The summed E-state index contributed by atoms with van der Waals surface area (Å²) < 4.78 is 5.11. The Morgan fingerprint density at radius 3 is 2.80 bits per heavy atom. The summed E-state index contributed by atoms with van der Waals surface area (Å²) in [5.41, 5.74) is 2.88. The molecule has 2 aliphatic rings. The van der Waals surface area contributed by atoms with E-state index in [9.17, 15) is 9.59 Å². The molecule has 2 N–H and O–H groups in total. The Labute approximate surface area is 145 Å². The van der Waals surface area contributed by atoms with Crippen LogP contribution in [0.5, 0.6) is 5.75 Å². The van der Waals surface area contributed by atoms with E-state index in [0.29, 0.717) is 16.9 Å². The quantitative estimate of drug-likeness (QED) is 0.903. The second-order valence-electron chi connectivity index (χ2n) is 6.26. The van der Waals surface area contributed by atoms with Crippen molar-refractivity contribution in [2.75, 3.05) is 29.2 Å². The van der Waals surface area contributed by atoms with Crippen LogP contribution < -0.4 is 20.3 Å². The molecule has 0 bridgehead atoms. The first kappa shape index (κ1) is 15.5. The maximum absolute atomic E-state index is 12.5. The first-order chi connectivity index (χ1) is 12.2. The van der Waals surface area contributed by atoms with Crippen LogP contribution in [0.4, 0.5) is 17.1 Å². The van der Waals surface area contributed by atoms with Crippen LogP contribution in [0, 0.1) is 0 Å². The number of ether oxygens (including phenoxy) is 1. The second-order valence-corrected chi connectivity index (χ2v) is 6.26. The lowest BCUT2D eigenvalue weighted by atomic mass is 10.1. The lowest BCUT2D eigenvalue weighted by Crippen LogP contribution is -2.43. The van der Waals surface area contributed by atoms with Gasteiger partial charge in [0.2, 0.25) is 5.91 Å². The number of fused-ring (bicyclic) bond motifs is 3. The van der Waals surface area contributed by atoms with Gasteiger partial charge in [-0.3, -0.25) is 9.59 Å². The van der Waals surface area contributed by atoms with Crippen LogP contribution in [-0.4, -0.2) is 31.5 Å². The lowest BCUT2D eigenvalue weighted by molar-refractivity contribution is -0.117. The zero-order valence-corrected chi connectivity index (χ0v) is 13.9. The van der Waals surface area contributed by atoms with Crippen molar-refractivity contribution in [3.8, 4) is 5.75 Å². The number of benzene rings is 2. The predicted molar refractivity (Wildman–Crippen MR) is 96.4 cm³/mol. The van der Waals surface area contributed by atoms with Crippen LogP contribution in [0.25, 0.3) is 0 Å². The second kappa shape index (κ2) is 6.12. The van der Waals surface area contributed by atoms with Crippen molar-refractivity contribution in [1.29, 1.82) is 0 Å². The molecule has 2 aromatic carbocycles. The molecule has 4 rings (SSSR count). The van der Waals surface area contributed by atoms with Gasteiger partial charge in [0.15, 0.2) is 0 Å². The molecule has 6 nitrogen and oxygen atoms in total. The molecule has 6 heteroatoms. The summed E-state index contributed by atoms with van der Waals surface area (Å²) in [6, 6.07) is 12.5. The van der Waals surface area contributed by atoms with E-state index in [1.54, 1.807) is 43.5 Å². The highest BCUT2D eigenvalue weighted by atomic mass is 16.5. The summed E-state index contributed by atoms with van der Waals surface area (Å²) >= 11 is 0. The third-order valence-corrected chi connectivity index (χ3v) is 4.73. The number of methoxy groups -OCH3 is 1. The maximum Gasteiger partial charge on any atom is 0.255 e. The zero-order valence-electron chi connectivity index (χ0n) is 13.9. The van der Waals surface area contributed by atoms with Crippen molar-refractivity contribution in [3.05, 3.63) is 48.0 Å². The molecular weight excluding hydrogens is 318 g/mol. The van der Waals surface area contributed by atoms with Crippen molar-refractivity contribution in [2.45, 2.75) is 18.9 Å². The van der Waals surface area contributed by atoms with Gasteiger partial charge in [-0.15, -0.1) is 0 Å². The predicted octanol–water partition coefficient (Wildman–Crippen LogP) is 2.87. The fraction of sp³-hybridized carbons (Fsp3) is 0.263. The molecule has 25 heavy (non-hydrogen) atoms. The molecule has 0 radical (unpaired) electrons. The molecule has 0 spiro atoms. The number of carbonyl (C=O) groups excluding carboxylic acids is 2. The third-order valence-electron chi connectivity index (χ3n) is 4.73. The molecule has 0 aromatic heterocycles. The first-order valence-corrected chi connectivity index (χ1v) is 8.32. The topological polar surface area (TPSA) is 70.7 Å². The Bertz CT molecular complexity index is 832. The van der Waals surface area contributed by atoms with Gasteiger partial charge in [0, 0.05) is 17.8 Å². The van der Waals surface area contributed by atoms with E-state index >= 15 is 0 Å². The fourth-order valence-electron chi connectivity index (χ4n) is 3.45. The number of anilines is 3. The fourth-order valence-corrected chi connectivity index (χ4v) is 3.45. The van der Waals surface area contributed by atoms with E-state index in [-0.39, 0.29) is 17.9 Å². The third kappa shape index (κ3) is 2.80. The summed E-state index contributed by atoms with van der Waals surface area (Å²) in [6.45, 7) is 0.877. The molecule has 1 fully saturated rings. The van der Waals surface area contributed by atoms with Crippen molar-refractivity contribution >= 4 is 28.9 Å². The Hall–Kier alpha value is -3.02. The molecular formula is C19H19N3O3. The minimum atomic E-state index is -0.217. The SMILES string of the molecule is COc1ccc(NC(=O)c2ccc3c(c2)NC(=O)[C@H]2CCCN32)cc1. The average Bonchev–Trinajstić information content (AvgIpc) is 3.12. The Kier molecular flexibility index (Phi) is 3.80. The van der Waals surface area contributed by atoms with E-state index in [1.807, 2.05) is 6.07 Å². The van der Waals surface area contributed by atoms with Crippen molar-refractivity contribution in [3.63, 3.8) is 0 Å². The molecule has 2 heterocycles. The van der Waals surface area contributed by atoms with Gasteiger partial charge in [0.25, 0.3) is 5.91 Å². The van der Waals surface area contributed by atoms with Crippen LogP contribution >= 0.6 is 0 Å². The molecule has 1 atom stereocenters. The van der Waals surface area contributed by atoms with Gasteiger partial charge >= 0.3 is 0 Å². The molecule has 2 aromatic rings. The molecule has 1 saturated heterocycles. The first-order valence-electron chi connectivity index (χ1n) is 8.32. The molecule has 0 saturated carbocycles. The van der Waals surface area contributed by atoms with Gasteiger partial charge < -0.3 is 20.3 Å². The highest BCUT2D eigenvalue weighted by molar-refractivity contribution is 6.08. The largest absolute Gasteiger partial charge is 0.497 e. The van der Waals surface area contributed by atoms with Crippen molar-refractivity contribution < 1.29 is 14.3 Å². The van der Waals surface area contributed by atoms with Gasteiger partial charge in [0.05, 0.1) is 18.5 Å². The number of nitrogens with one attached hydrogen (secondary N) is 2. The standard InChI is InChI=1S/C19H19N3O3/c1-25-14-7-5-13(6-8-14)20-18(23)12-4-9-16-15(11-12)21-19(24)17-3-2-10-22(16)17/h4-9,11,17H,2-3,10H2,1H3,(H,20,23)(H,21,24)/t17-/m1/s1. The summed E-state index contributed by atoms with van der Waals surface area (Å²) in [5.74, 6) is 0.526. The van der Waals surface area contributed by atoms with E-state index in [1.165, 1.54) is 0 Å². The van der Waals surface area contributed by atoms with E-state index in [2.05, 4.69) is 15.5 Å². The highest BCUT2D eigenvalue weighted by Crippen LogP contribution is 2.37. The van der Waals surface area contributed by atoms with Crippen LogP contribution in [0.15, 0.2) is 42.5 Å². The maximum atomic E-state index is 12.5. The van der Waals surface area contributed by atoms with Gasteiger partial charge in [-0.05, 0) is 55.3 Å². The lowest BCUT2D eigenvalue weighted by Gasteiger charge is -2.33. The monoisotopic (exact) mass is 337 g/mol. The summed E-state index contributed by atoms with van der Waals surface area (Å²) in [7, 11) is 1.60. The number of amides is 2. The molecule has 2 aliphatic heterocycles. The van der Waals surface area contributed by atoms with Gasteiger partial charge in [-0.25, -0.2) is 0 Å². The van der Waals surface area contributed by atoms with E-state index in [0.717, 1.165) is 30.8 Å². The summed E-state index contributed by atoms with van der Waals surface area (Å²) in [4.78, 5) is 26.8. The van der Waals surface area contributed by atoms with Gasteiger partial charge in [-0.1, -0.05) is 0 Å². The average molecular weight is 337 g/mol. The molecule has 2 amide bonds. The Morgan fingerprint density at radius 2 is 2.04 bits per heavy atom. The summed E-state index contributed by atoms with van der Waals surface area (Å²) in [5, 5.41) is 5.78. The number of hydrogen-bond donors (Lipinski definition) is 2. The normalized spacial score (nSPS) is 18.2. The highest BCUT2D eigenvalue weighted by Gasteiger charge is 2.36. The Morgan fingerprint density at radius 1 is 1.24 bits per heavy atom. The van der Waals surface area contributed by atoms with Crippen LogP contribution in [0.2, 0.25) is 0 Å². The number of hydrogen-bond acceptors (Lipinski definition) is 4. The molecule has 128 valence electrons. The number of carbonyl (C=O) groups is 2. The van der Waals surface area contributed by atoms with Gasteiger partial charge in [-0.2, -0.15) is 0 Å². The van der Waals surface area contributed by atoms with E-state index < -0.39 is 0 Å². The number of nitrogens with zero attached hydrogens (tertiary/aromatic N) is 1. The minimum absolute atomic E-state index is 0.0118. The van der Waals surface area contributed by atoms with E-state index in [4.69, 9.17) is 4.74 Å². The number of rotatable bonds is 3. The van der Waals surface area contributed by atoms with Crippen molar-refractivity contribution in [2.24, 2.45) is 0 Å². The smallest absolute Gasteiger partial charge is 0.255 e. The van der Waals surface area contributed by atoms with Gasteiger partial charge in [0.1, 0.15) is 11.8 Å². The summed E-state index contributed by atoms with van der Waals surface area (Å²) in [6.07, 6.45) is 1.89. The van der Waals surface area contributed by atoms with Crippen LogP contribution in [-0.2, 0) is 4.79 Å². The zero-order chi connectivity index (χ0) is 17.4. The van der Waals surface area contributed by atoms with Crippen LogP contribution in [0.1, 0.15) is 23.2 Å². The molecule has 0 aliphatic carbocycles. The van der Waals surface area contributed by atoms with Crippen LogP contribution in [0.3, 0.4) is 0 Å². The molecule has 0 unspecified atom stereocenters. The van der Waals surface area contributed by atoms with Crippen molar-refractivity contribution in [1.82, 2.24) is 0 Å². The minimum Gasteiger partial charge on any atom is -0.497 e. The Balaban J connectivity index is 1.56.